The minimum Gasteiger partial charge on any atom is -0.495 e. The maximum atomic E-state index is 12.8. The number of carbonyl (C=O) groups excluding carboxylic acids is 1. The summed E-state index contributed by atoms with van der Waals surface area (Å²) in [6, 6.07) is 0. The summed E-state index contributed by atoms with van der Waals surface area (Å²) in [5, 5.41) is 0. The van der Waals surface area contributed by atoms with Gasteiger partial charge in [0.25, 0.3) is 6.43 Å². The third kappa shape index (κ3) is 4.17. The fraction of sp³-hybridized carbons (Fsp3) is 0.455. The van der Waals surface area contributed by atoms with E-state index in [2.05, 4.69) is 19.2 Å². The van der Waals surface area contributed by atoms with Crippen molar-refractivity contribution in [3.63, 3.8) is 0 Å². The molecule has 0 spiro atoms. The van der Waals surface area contributed by atoms with E-state index in [-0.39, 0.29) is 6.61 Å². The second kappa shape index (κ2) is 6.55. The van der Waals surface area contributed by atoms with Gasteiger partial charge in [0, 0.05) is 6.20 Å². The molecule has 5 nitrogen and oxygen atoms in total. The smallest absolute Gasteiger partial charge is 0.495 e. The minimum absolute atomic E-state index is 0.188. The molecule has 1 heterocycles. The van der Waals surface area contributed by atoms with Gasteiger partial charge in [-0.25, -0.2) is 18.6 Å². The molecule has 0 radical (unpaired) electrons. The quantitative estimate of drug-likeness (QED) is 0.617. The van der Waals surface area contributed by atoms with Crippen LogP contribution in [0.4, 0.5) is 22.0 Å². The molecule has 0 N–H and O–H groups in total. The van der Waals surface area contributed by atoms with Crippen LogP contribution in [0.3, 0.4) is 0 Å². The molecule has 1 aromatic rings. The topological polar surface area (TPSA) is 57.7 Å². The summed E-state index contributed by atoms with van der Waals surface area (Å²) < 4.78 is 75.0. The molecule has 0 fully saturated rings. The van der Waals surface area contributed by atoms with Gasteiger partial charge in [-0.2, -0.15) is 0 Å². The minimum atomic E-state index is -5.16. The zero-order valence-corrected chi connectivity index (χ0v) is 10.8. The molecule has 0 bridgehead atoms. The van der Waals surface area contributed by atoms with Gasteiger partial charge in [0.1, 0.15) is 5.75 Å². The zero-order valence-electron chi connectivity index (χ0n) is 10.8. The summed E-state index contributed by atoms with van der Waals surface area (Å²) in [5.74, 6) is -3.32. The molecule has 0 aliphatic rings. The number of pyridine rings is 1. The maximum Gasteiger partial charge on any atom is 0.574 e. The number of hydrogen-bond acceptors (Lipinski definition) is 5. The molecule has 0 aromatic carbocycles. The van der Waals surface area contributed by atoms with Crippen molar-refractivity contribution in [2.75, 3.05) is 13.7 Å². The van der Waals surface area contributed by atoms with E-state index < -0.39 is 41.5 Å². The van der Waals surface area contributed by atoms with Crippen LogP contribution in [0.1, 0.15) is 29.3 Å². The fourth-order valence-corrected chi connectivity index (χ4v) is 1.44. The Balaban J connectivity index is 3.47. The van der Waals surface area contributed by atoms with Gasteiger partial charge in [-0.1, -0.05) is 0 Å². The highest BCUT2D eigenvalue weighted by molar-refractivity contribution is 5.95. The lowest BCUT2D eigenvalue weighted by Crippen LogP contribution is -2.21. The summed E-state index contributed by atoms with van der Waals surface area (Å²) in [6.45, 7) is 1.20. The number of methoxy groups -OCH3 is 1. The SMILES string of the molecule is CCOC(=O)c1c(OC(F)(F)F)ncc(C(F)F)c1OC. The van der Waals surface area contributed by atoms with Gasteiger partial charge in [0.05, 0.1) is 19.3 Å². The Morgan fingerprint density at radius 3 is 2.43 bits per heavy atom. The molecule has 0 unspecified atom stereocenters. The molecule has 0 atom stereocenters. The Labute approximate surface area is 115 Å². The normalized spacial score (nSPS) is 11.4. The van der Waals surface area contributed by atoms with Gasteiger partial charge in [-0.3, -0.25) is 0 Å². The lowest BCUT2D eigenvalue weighted by Gasteiger charge is -2.16. The highest BCUT2D eigenvalue weighted by Crippen LogP contribution is 2.37. The predicted molar refractivity (Wildman–Crippen MR) is 58.4 cm³/mol. The van der Waals surface area contributed by atoms with E-state index in [1.54, 1.807) is 0 Å². The molecule has 1 aromatic heterocycles. The third-order valence-corrected chi connectivity index (χ3v) is 2.16. The molecule has 1 rings (SSSR count). The molecular formula is C11H10F5NO4. The van der Waals surface area contributed by atoms with Crippen molar-refractivity contribution < 1.29 is 41.0 Å². The van der Waals surface area contributed by atoms with Gasteiger partial charge < -0.3 is 14.2 Å². The Morgan fingerprint density at radius 2 is 2.00 bits per heavy atom. The number of hydrogen-bond donors (Lipinski definition) is 0. The number of halogens is 5. The van der Waals surface area contributed by atoms with E-state index in [1.165, 1.54) is 6.92 Å². The van der Waals surface area contributed by atoms with Gasteiger partial charge in [-0.05, 0) is 6.92 Å². The number of carbonyl (C=O) groups is 1. The molecule has 118 valence electrons. The number of ether oxygens (including phenoxy) is 3. The second-order valence-corrected chi connectivity index (χ2v) is 3.50. The van der Waals surface area contributed by atoms with Gasteiger partial charge in [0.2, 0.25) is 5.88 Å². The highest BCUT2D eigenvalue weighted by Gasteiger charge is 2.37. The monoisotopic (exact) mass is 315 g/mol. The maximum absolute atomic E-state index is 12.8. The molecular weight excluding hydrogens is 305 g/mol. The number of aromatic nitrogens is 1. The Kier molecular flexibility index (Phi) is 5.28. The average Bonchev–Trinajstić information content (AvgIpc) is 2.35. The van der Waals surface area contributed by atoms with Crippen LogP contribution in [-0.4, -0.2) is 31.0 Å². The summed E-state index contributed by atoms with van der Waals surface area (Å²) in [4.78, 5) is 14.8. The summed E-state index contributed by atoms with van der Waals surface area (Å²) >= 11 is 0. The van der Waals surface area contributed by atoms with Crippen LogP contribution >= 0.6 is 0 Å². The van der Waals surface area contributed by atoms with E-state index >= 15 is 0 Å². The van der Waals surface area contributed by atoms with E-state index in [0.29, 0.717) is 6.20 Å². The fourth-order valence-electron chi connectivity index (χ4n) is 1.44. The molecule has 0 amide bonds. The largest absolute Gasteiger partial charge is 0.574 e. The van der Waals surface area contributed by atoms with E-state index in [1.807, 2.05) is 0 Å². The van der Waals surface area contributed by atoms with Crippen molar-refractivity contribution in [1.29, 1.82) is 0 Å². The van der Waals surface area contributed by atoms with Crippen LogP contribution in [0, 0.1) is 0 Å². The van der Waals surface area contributed by atoms with Gasteiger partial charge >= 0.3 is 12.3 Å². The van der Waals surface area contributed by atoms with Crippen molar-refractivity contribution in [1.82, 2.24) is 4.98 Å². The van der Waals surface area contributed by atoms with Crippen LogP contribution in [0.25, 0.3) is 0 Å². The standard InChI is InChI=1S/C11H10F5NO4/c1-3-20-10(18)6-7(19-2)5(8(12)13)4-17-9(6)21-11(14,15)16/h4,8H,3H2,1-2H3. The van der Waals surface area contributed by atoms with Crippen molar-refractivity contribution in [2.45, 2.75) is 19.7 Å². The van der Waals surface area contributed by atoms with Crippen LogP contribution in [0.15, 0.2) is 6.20 Å². The Hall–Kier alpha value is -2.13. The van der Waals surface area contributed by atoms with Crippen molar-refractivity contribution in [2.24, 2.45) is 0 Å². The predicted octanol–water partition coefficient (Wildman–Crippen LogP) is 3.10. The molecule has 0 saturated heterocycles. The van der Waals surface area contributed by atoms with E-state index in [0.717, 1.165) is 7.11 Å². The van der Waals surface area contributed by atoms with E-state index in [9.17, 15) is 26.7 Å². The first kappa shape index (κ1) is 16.9. The molecule has 0 aliphatic heterocycles. The lowest BCUT2D eigenvalue weighted by atomic mass is 10.1. The second-order valence-electron chi connectivity index (χ2n) is 3.50. The van der Waals surface area contributed by atoms with Gasteiger partial charge in [0.15, 0.2) is 5.56 Å². The van der Waals surface area contributed by atoms with Crippen molar-refractivity contribution in [3.8, 4) is 11.6 Å². The first-order valence-electron chi connectivity index (χ1n) is 5.49. The molecule has 0 aliphatic carbocycles. The van der Waals surface area contributed by atoms with E-state index in [4.69, 9.17) is 0 Å². The van der Waals surface area contributed by atoms with Crippen LogP contribution < -0.4 is 9.47 Å². The van der Waals surface area contributed by atoms with Crippen LogP contribution in [-0.2, 0) is 4.74 Å². The number of esters is 1. The highest BCUT2D eigenvalue weighted by atomic mass is 19.4. The summed E-state index contributed by atoms with van der Waals surface area (Å²) in [6.07, 6.45) is -7.83. The molecule has 21 heavy (non-hydrogen) atoms. The average molecular weight is 315 g/mol. The Morgan fingerprint density at radius 1 is 1.38 bits per heavy atom. The number of rotatable bonds is 5. The third-order valence-electron chi connectivity index (χ3n) is 2.16. The van der Waals surface area contributed by atoms with Crippen molar-refractivity contribution in [3.05, 3.63) is 17.3 Å². The summed E-state index contributed by atoms with van der Waals surface area (Å²) in [7, 11) is 0.918. The van der Waals surface area contributed by atoms with Gasteiger partial charge in [-0.15, -0.1) is 13.2 Å². The number of nitrogens with zero attached hydrogens (tertiary/aromatic N) is 1. The first-order chi connectivity index (χ1) is 9.71. The van der Waals surface area contributed by atoms with Crippen LogP contribution in [0.5, 0.6) is 11.6 Å². The van der Waals surface area contributed by atoms with Crippen LogP contribution in [0.2, 0.25) is 0 Å². The lowest BCUT2D eigenvalue weighted by molar-refractivity contribution is -0.276. The number of alkyl halides is 5. The Bertz CT molecular complexity index is 518. The zero-order chi connectivity index (χ0) is 16.2. The summed E-state index contributed by atoms with van der Waals surface area (Å²) in [5.41, 5.74) is -1.80. The van der Waals surface area contributed by atoms with Crippen molar-refractivity contribution >= 4 is 5.97 Å². The molecule has 10 heteroatoms. The molecule has 0 saturated carbocycles. The first-order valence-corrected chi connectivity index (χ1v) is 5.49.